The number of furan rings is 1. The SMILES string of the molecule is Cc1ccccc1-c1cc(C[C@H](c2ccccc2)c2ccc3oc4cc(CC(c5ccc(-c6ccccc6)cc5)c5cccc6c5sc5ccccc56)ccc4c3c2)ccc1C. The van der Waals surface area contributed by atoms with Crippen LogP contribution in [-0.2, 0) is 12.8 Å². The summed E-state index contributed by atoms with van der Waals surface area (Å²) >= 11 is 1.91. The first-order valence-electron chi connectivity index (χ1n) is 21.8. The molecule has 1 nitrogen and oxygen atoms in total. The van der Waals surface area contributed by atoms with Crippen LogP contribution >= 0.6 is 11.3 Å². The standard InChI is InChI=1S/C60H46OS/c1-39-14-9-10-19-48(39)53-34-41(25-24-40(53)2)35-54(45-17-7-4-8-18-45)47-31-33-57-56(38-47)49-32-26-42(37-58(49)61-57)36-55(46-29-27-44(28-30-46)43-15-5-3-6-16-43)52-22-13-21-51-50-20-11-12-23-59(50)62-60(51)52/h3-34,37-38,54-55H,35-36H2,1-2H3/t54-,55?/m1/s1. The molecular formula is C60H46OS. The van der Waals surface area contributed by atoms with Crippen LogP contribution in [0.25, 0.3) is 64.4 Å². The fraction of sp³-hybridized carbons (Fsp3) is 0.100. The maximum Gasteiger partial charge on any atom is 0.135 e. The van der Waals surface area contributed by atoms with Gasteiger partial charge >= 0.3 is 0 Å². The summed E-state index contributed by atoms with van der Waals surface area (Å²) in [6.45, 7) is 4.43. The lowest BCUT2D eigenvalue weighted by Crippen LogP contribution is -2.06. The Morgan fingerprint density at radius 1 is 0.403 bits per heavy atom. The average molecular weight is 815 g/mol. The highest BCUT2D eigenvalue weighted by molar-refractivity contribution is 7.26. The van der Waals surface area contributed by atoms with Crippen LogP contribution in [0, 0.1) is 13.8 Å². The van der Waals surface area contributed by atoms with Gasteiger partial charge in [0, 0.05) is 42.8 Å². The van der Waals surface area contributed by atoms with Crippen LogP contribution in [0.5, 0.6) is 0 Å². The lowest BCUT2D eigenvalue weighted by molar-refractivity contribution is 0.667. The molecule has 0 saturated carbocycles. The predicted octanol–water partition coefficient (Wildman–Crippen LogP) is 16.7. The van der Waals surface area contributed by atoms with E-state index in [-0.39, 0.29) is 11.8 Å². The molecular weight excluding hydrogens is 769 g/mol. The Labute approximate surface area is 367 Å². The van der Waals surface area contributed by atoms with Gasteiger partial charge in [0.2, 0.25) is 0 Å². The smallest absolute Gasteiger partial charge is 0.135 e. The summed E-state index contributed by atoms with van der Waals surface area (Å²) in [6.07, 6.45) is 1.75. The van der Waals surface area contributed by atoms with E-state index in [1.165, 1.54) is 86.9 Å². The minimum atomic E-state index is 0.157. The van der Waals surface area contributed by atoms with Crippen molar-refractivity contribution in [2.45, 2.75) is 38.5 Å². The van der Waals surface area contributed by atoms with E-state index in [0.29, 0.717) is 0 Å². The first-order chi connectivity index (χ1) is 30.5. The van der Waals surface area contributed by atoms with Crippen LogP contribution in [0.1, 0.15) is 56.3 Å². The largest absolute Gasteiger partial charge is 0.456 e. The Morgan fingerprint density at radius 2 is 1.05 bits per heavy atom. The number of hydrogen-bond donors (Lipinski definition) is 0. The van der Waals surface area contributed by atoms with E-state index in [4.69, 9.17) is 4.42 Å². The minimum Gasteiger partial charge on any atom is -0.456 e. The molecule has 0 N–H and O–H groups in total. The second kappa shape index (κ2) is 16.1. The topological polar surface area (TPSA) is 13.1 Å². The van der Waals surface area contributed by atoms with Gasteiger partial charge in [0.25, 0.3) is 0 Å². The zero-order valence-electron chi connectivity index (χ0n) is 35.0. The van der Waals surface area contributed by atoms with Crippen LogP contribution in [0.4, 0.5) is 0 Å². The molecule has 0 amide bonds. The second-order valence-corrected chi connectivity index (χ2v) is 17.9. The van der Waals surface area contributed by atoms with E-state index in [2.05, 4.69) is 220 Å². The van der Waals surface area contributed by atoms with Gasteiger partial charge in [-0.05, 0) is 118 Å². The zero-order valence-corrected chi connectivity index (χ0v) is 35.8. The molecule has 0 bridgehead atoms. The summed E-state index contributed by atoms with van der Waals surface area (Å²) in [7, 11) is 0. The molecule has 298 valence electrons. The summed E-state index contributed by atoms with van der Waals surface area (Å²) in [5, 5.41) is 4.99. The van der Waals surface area contributed by atoms with Crippen LogP contribution in [0.2, 0.25) is 0 Å². The van der Waals surface area contributed by atoms with Crippen molar-refractivity contribution in [3.63, 3.8) is 0 Å². The molecule has 0 radical (unpaired) electrons. The molecule has 2 heteroatoms. The van der Waals surface area contributed by atoms with E-state index < -0.39 is 0 Å². The maximum atomic E-state index is 6.71. The first kappa shape index (κ1) is 38.0. The van der Waals surface area contributed by atoms with Crippen molar-refractivity contribution in [1.82, 2.24) is 0 Å². The van der Waals surface area contributed by atoms with Crippen LogP contribution in [0.15, 0.2) is 211 Å². The summed E-state index contributed by atoms with van der Waals surface area (Å²) in [6, 6.07) is 76.1. The van der Waals surface area contributed by atoms with E-state index in [1.807, 2.05) is 11.3 Å². The molecule has 0 aliphatic rings. The fourth-order valence-corrected chi connectivity index (χ4v) is 11.0. The van der Waals surface area contributed by atoms with Crippen molar-refractivity contribution < 1.29 is 4.42 Å². The minimum absolute atomic E-state index is 0.157. The van der Waals surface area contributed by atoms with E-state index in [1.54, 1.807) is 0 Å². The molecule has 11 aromatic rings. The van der Waals surface area contributed by atoms with E-state index in [9.17, 15) is 0 Å². The zero-order chi connectivity index (χ0) is 41.6. The van der Waals surface area contributed by atoms with Crippen LogP contribution in [0.3, 0.4) is 0 Å². The second-order valence-electron chi connectivity index (χ2n) is 16.9. The van der Waals surface area contributed by atoms with E-state index >= 15 is 0 Å². The van der Waals surface area contributed by atoms with Crippen molar-refractivity contribution in [2.24, 2.45) is 0 Å². The van der Waals surface area contributed by atoms with Gasteiger partial charge in [-0.1, -0.05) is 182 Å². The quantitative estimate of drug-likeness (QED) is 0.134. The van der Waals surface area contributed by atoms with Crippen molar-refractivity contribution in [2.75, 3.05) is 0 Å². The molecule has 0 spiro atoms. The van der Waals surface area contributed by atoms with Gasteiger partial charge in [-0.3, -0.25) is 0 Å². The number of hydrogen-bond acceptors (Lipinski definition) is 2. The van der Waals surface area contributed by atoms with Gasteiger partial charge in [0.05, 0.1) is 0 Å². The molecule has 2 aromatic heterocycles. The van der Waals surface area contributed by atoms with Crippen LogP contribution in [-0.4, -0.2) is 0 Å². The highest BCUT2D eigenvalue weighted by Crippen LogP contribution is 2.43. The monoisotopic (exact) mass is 814 g/mol. The Hall–Kier alpha value is -7.00. The van der Waals surface area contributed by atoms with Gasteiger partial charge < -0.3 is 4.42 Å². The molecule has 2 atom stereocenters. The van der Waals surface area contributed by atoms with Crippen molar-refractivity contribution in [3.05, 3.63) is 251 Å². The molecule has 0 fully saturated rings. The van der Waals surface area contributed by atoms with Crippen molar-refractivity contribution >= 4 is 53.4 Å². The Bertz CT molecular complexity index is 3370. The Balaban J connectivity index is 0.964. The van der Waals surface area contributed by atoms with Gasteiger partial charge in [-0.25, -0.2) is 0 Å². The fourth-order valence-electron chi connectivity index (χ4n) is 9.72. The number of fused-ring (bicyclic) bond motifs is 6. The lowest BCUT2D eigenvalue weighted by atomic mass is 9.84. The maximum absolute atomic E-state index is 6.71. The summed E-state index contributed by atoms with van der Waals surface area (Å²) < 4.78 is 9.41. The van der Waals surface area contributed by atoms with Gasteiger partial charge in [0.15, 0.2) is 0 Å². The molecule has 1 unspecified atom stereocenters. The number of aryl methyl sites for hydroxylation is 2. The van der Waals surface area contributed by atoms with E-state index in [0.717, 1.165) is 34.8 Å². The summed E-state index contributed by atoms with van der Waals surface area (Å²) in [5.74, 6) is 0.340. The van der Waals surface area contributed by atoms with Crippen molar-refractivity contribution in [1.29, 1.82) is 0 Å². The molecule has 11 rings (SSSR count). The normalized spacial score (nSPS) is 12.7. The summed E-state index contributed by atoms with van der Waals surface area (Å²) in [5.41, 5.74) is 17.4. The molecule has 0 aliphatic heterocycles. The molecule has 62 heavy (non-hydrogen) atoms. The van der Waals surface area contributed by atoms with Crippen molar-refractivity contribution in [3.8, 4) is 22.3 Å². The lowest BCUT2D eigenvalue weighted by Gasteiger charge is -2.20. The van der Waals surface area contributed by atoms with Crippen LogP contribution < -0.4 is 0 Å². The third-order valence-electron chi connectivity index (χ3n) is 13.0. The predicted molar refractivity (Wildman–Crippen MR) is 264 cm³/mol. The highest BCUT2D eigenvalue weighted by atomic mass is 32.1. The van der Waals surface area contributed by atoms with Gasteiger partial charge in [-0.2, -0.15) is 0 Å². The third-order valence-corrected chi connectivity index (χ3v) is 14.2. The number of thiophene rings is 1. The summed E-state index contributed by atoms with van der Waals surface area (Å²) in [4.78, 5) is 0. The Kier molecular flexibility index (Phi) is 9.87. The third kappa shape index (κ3) is 7.11. The molecule has 2 heterocycles. The molecule has 0 aliphatic carbocycles. The van der Waals surface area contributed by atoms with Gasteiger partial charge in [0.1, 0.15) is 11.2 Å². The number of benzene rings is 9. The molecule has 0 saturated heterocycles. The molecule has 9 aromatic carbocycles. The van der Waals surface area contributed by atoms with Gasteiger partial charge in [-0.15, -0.1) is 11.3 Å². The highest BCUT2D eigenvalue weighted by Gasteiger charge is 2.22. The first-order valence-corrected chi connectivity index (χ1v) is 22.6. The average Bonchev–Trinajstić information content (AvgIpc) is 3.89. The number of rotatable bonds is 10. The Morgan fingerprint density at radius 3 is 1.89 bits per heavy atom.